The number of nitrogens with one attached hydrogen (secondary N) is 1. The minimum Gasteiger partial charge on any atom is -0.278 e. The van der Waals surface area contributed by atoms with E-state index in [1.807, 2.05) is 0 Å². The summed E-state index contributed by atoms with van der Waals surface area (Å²) in [5, 5.41) is 7.39. The van der Waals surface area contributed by atoms with Crippen molar-refractivity contribution in [1.29, 1.82) is 0 Å². The van der Waals surface area contributed by atoms with Crippen LogP contribution in [0.2, 0.25) is 0 Å². The van der Waals surface area contributed by atoms with E-state index in [-0.39, 0.29) is 20.5 Å². The van der Waals surface area contributed by atoms with Crippen LogP contribution in [0, 0.1) is 5.82 Å². The molecule has 3 aromatic rings. The van der Waals surface area contributed by atoms with Gasteiger partial charge in [-0.25, -0.2) is 12.8 Å². The molecule has 8 nitrogen and oxygen atoms in total. The molecular weight excluding hydrogens is 395 g/mol. The number of hydrogen-bond acceptors (Lipinski definition) is 6. The van der Waals surface area contributed by atoms with E-state index >= 15 is 0 Å². The molecule has 0 unspecified atom stereocenters. The van der Waals surface area contributed by atoms with Crippen molar-refractivity contribution >= 4 is 25.5 Å². The number of nitrogens with zero attached hydrogens (tertiary/aromatic N) is 3. The molecule has 0 fully saturated rings. The van der Waals surface area contributed by atoms with Crippen molar-refractivity contribution in [2.45, 2.75) is 28.3 Å². The fourth-order valence-electron chi connectivity index (χ4n) is 2.22. The lowest BCUT2D eigenvalue weighted by molar-refractivity contribution is 0.551. The predicted molar refractivity (Wildman–Crippen MR) is 94.8 cm³/mol. The fourth-order valence-corrected chi connectivity index (χ4v) is 4.42. The van der Waals surface area contributed by atoms with E-state index < -0.39 is 25.7 Å². The second-order valence-corrected chi connectivity index (χ2v) is 9.04. The number of anilines is 1. The van der Waals surface area contributed by atoms with Crippen LogP contribution in [0.15, 0.2) is 69.5 Å². The lowest BCUT2D eigenvalue weighted by atomic mass is 10.3. The standard InChI is InChI=1S/C16H15FN4O4S2/c1-2-21-18-11-16(19-21)27(24,25)20-13-5-9-15(10-6-13)26(22,23)14-7-3-12(17)4-8-14/h3-11,20H,2H2,1H3. The van der Waals surface area contributed by atoms with Crippen LogP contribution < -0.4 is 4.72 Å². The van der Waals surface area contributed by atoms with Gasteiger partial charge in [0.1, 0.15) is 5.82 Å². The van der Waals surface area contributed by atoms with Gasteiger partial charge in [-0.15, -0.1) is 5.10 Å². The molecule has 1 aromatic heterocycles. The number of halogens is 1. The normalized spacial score (nSPS) is 12.1. The van der Waals surface area contributed by atoms with Crippen LogP contribution in [-0.4, -0.2) is 31.8 Å². The van der Waals surface area contributed by atoms with Crippen LogP contribution in [0.4, 0.5) is 10.1 Å². The number of hydrogen-bond donors (Lipinski definition) is 1. The molecule has 0 atom stereocenters. The van der Waals surface area contributed by atoms with Gasteiger partial charge in [0.05, 0.1) is 22.5 Å². The minimum absolute atomic E-state index is 0.0472. The van der Waals surface area contributed by atoms with Crippen molar-refractivity contribution in [2.24, 2.45) is 0 Å². The van der Waals surface area contributed by atoms with Gasteiger partial charge in [-0.2, -0.15) is 18.3 Å². The van der Waals surface area contributed by atoms with Crippen molar-refractivity contribution < 1.29 is 21.2 Å². The van der Waals surface area contributed by atoms with E-state index in [1.54, 1.807) is 6.92 Å². The molecule has 0 aliphatic heterocycles. The highest BCUT2D eigenvalue weighted by Crippen LogP contribution is 2.23. The molecule has 0 aliphatic rings. The van der Waals surface area contributed by atoms with Crippen molar-refractivity contribution in [2.75, 3.05) is 4.72 Å². The second kappa shape index (κ2) is 7.08. The minimum atomic E-state index is -3.94. The molecule has 0 radical (unpaired) electrons. The van der Waals surface area contributed by atoms with Crippen molar-refractivity contribution in [1.82, 2.24) is 15.0 Å². The topological polar surface area (TPSA) is 111 Å². The molecule has 1 heterocycles. The SMILES string of the molecule is CCn1ncc(S(=O)(=O)Nc2ccc(S(=O)(=O)c3ccc(F)cc3)cc2)n1. The van der Waals surface area contributed by atoms with E-state index in [0.717, 1.165) is 18.3 Å². The zero-order chi connectivity index (χ0) is 19.7. The molecule has 0 bridgehead atoms. The first-order valence-electron chi connectivity index (χ1n) is 7.76. The maximum atomic E-state index is 13.0. The molecule has 0 saturated heterocycles. The Morgan fingerprint density at radius 2 is 1.52 bits per heavy atom. The Labute approximate surface area is 155 Å². The summed E-state index contributed by atoms with van der Waals surface area (Å²) in [5.74, 6) is -0.543. The molecule has 0 saturated carbocycles. The summed E-state index contributed by atoms with van der Waals surface area (Å²) in [6.07, 6.45) is 1.12. The summed E-state index contributed by atoms with van der Waals surface area (Å²) in [7, 11) is -7.78. The van der Waals surface area contributed by atoms with Gasteiger partial charge >= 0.3 is 0 Å². The summed E-state index contributed by atoms with van der Waals surface area (Å²) in [6.45, 7) is 2.19. The number of sulfonamides is 1. The number of sulfone groups is 1. The van der Waals surface area contributed by atoms with E-state index in [0.29, 0.717) is 6.54 Å². The zero-order valence-electron chi connectivity index (χ0n) is 14.1. The van der Waals surface area contributed by atoms with E-state index in [2.05, 4.69) is 14.9 Å². The van der Waals surface area contributed by atoms with Crippen molar-refractivity contribution in [3.63, 3.8) is 0 Å². The summed E-state index contributed by atoms with van der Waals surface area (Å²) in [4.78, 5) is 1.12. The van der Waals surface area contributed by atoms with Crippen molar-refractivity contribution in [3.8, 4) is 0 Å². The Hall–Kier alpha value is -2.79. The van der Waals surface area contributed by atoms with E-state index in [1.165, 1.54) is 41.2 Å². The molecule has 2 aromatic carbocycles. The highest BCUT2D eigenvalue weighted by Gasteiger charge is 2.20. The Bertz CT molecular complexity index is 1160. The molecule has 0 amide bonds. The molecule has 11 heteroatoms. The fraction of sp³-hybridized carbons (Fsp3) is 0.125. The number of aromatic nitrogens is 3. The van der Waals surface area contributed by atoms with Crippen LogP contribution in [0.1, 0.15) is 6.92 Å². The maximum absolute atomic E-state index is 13.0. The van der Waals surface area contributed by atoms with Crippen LogP contribution in [0.25, 0.3) is 0 Å². The van der Waals surface area contributed by atoms with Crippen LogP contribution in [-0.2, 0) is 26.4 Å². The third-order valence-electron chi connectivity index (χ3n) is 3.61. The van der Waals surface area contributed by atoms with Gasteiger partial charge in [0.15, 0.2) is 0 Å². The molecule has 3 rings (SSSR count). The molecule has 0 aliphatic carbocycles. The van der Waals surface area contributed by atoms with Gasteiger partial charge < -0.3 is 0 Å². The highest BCUT2D eigenvalue weighted by molar-refractivity contribution is 7.92. The third kappa shape index (κ3) is 3.98. The summed E-state index contributed by atoms with van der Waals surface area (Å²) >= 11 is 0. The number of benzene rings is 2. The molecule has 142 valence electrons. The molecule has 27 heavy (non-hydrogen) atoms. The Morgan fingerprint density at radius 1 is 0.963 bits per heavy atom. The predicted octanol–water partition coefficient (Wildman–Crippen LogP) is 2.07. The van der Waals surface area contributed by atoms with Gasteiger partial charge in [-0.3, -0.25) is 4.72 Å². The zero-order valence-corrected chi connectivity index (χ0v) is 15.7. The highest BCUT2D eigenvalue weighted by atomic mass is 32.2. The van der Waals surface area contributed by atoms with Crippen molar-refractivity contribution in [3.05, 3.63) is 60.5 Å². The largest absolute Gasteiger partial charge is 0.282 e. The lowest BCUT2D eigenvalue weighted by Crippen LogP contribution is -2.14. The third-order valence-corrected chi connectivity index (χ3v) is 6.64. The monoisotopic (exact) mass is 410 g/mol. The molecule has 0 spiro atoms. The number of aryl methyl sites for hydroxylation is 1. The summed E-state index contributed by atoms with van der Waals surface area (Å²) in [5.41, 5.74) is 0.166. The first-order valence-corrected chi connectivity index (χ1v) is 10.7. The van der Waals surface area contributed by atoms with Crippen LogP contribution >= 0.6 is 0 Å². The lowest BCUT2D eigenvalue weighted by Gasteiger charge is -2.08. The van der Waals surface area contributed by atoms with Gasteiger partial charge in [0.2, 0.25) is 14.9 Å². The van der Waals surface area contributed by atoms with E-state index in [9.17, 15) is 21.2 Å². The first-order chi connectivity index (χ1) is 12.7. The smallest absolute Gasteiger partial charge is 0.278 e. The maximum Gasteiger partial charge on any atom is 0.282 e. The molecular formula is C16H15FN4O4S2. The van der Waals surface area contributed by atoms with Gasteiger partial charge in [-0.05, 0) is 55.5 Å². The van der Waals surface area contributed by atoms with Gasteiger partial charge in [0, 0.05) is 5.69 Å². The number of rotatable bonds is 6. The Morgan fingerprint density at radius 3 is 2.04 bits per heavy atom. The van der Waals surface area contributed by atoms with Crippen LogP contribution in [0.3, 0.4) is 0 Å². The summed E-state index contributed by atoms with van der Waals surface area (Å²) < 4.78 is 64.9. The average Bonchev–Trinajstić information content (AvgIpc) is 3.12. The van der Waals surface area contributed by atoms with Gasteiger partial charge in [-0.1, -0.05) is 0 Å². The van der Waals surface area contributed by atoms with Crippen LogP contribution in [0.5, 0.6) is 0 Å². The van der Waals surface area contributed by atoms with Gasteiger partial charge in [0.25, 0.3) is 10.0 Å². The Kier molecular flexibility index (Phi) is 4.98. The van der Waals surface area contributed by atoms with E-state index in [4.69, 9.17) is 0 Å². The first kappa shape index (κ1) is 19.0. The Balaban J connectivity index is 1.84. The average molecular weight is 410 g/mol. The molecule has 1 N–H and O–H groups in total. The second-order valence-electron chi connectivity index (χ2n) is 5.46. The summed E-state index contributed by atoms with van der Waals surface area (Å²) in [6, 6.07) is 9.60. The quantitative estimate of drug-likeness (QED) is 0.623.